The van der Waals surface area contributed by atoms with Crippen molar-refractivity contribution in [2.75, 3.05) is 46.4 Å². The van der Waals surface area contributed by atoms with Gasteiger partial charge in [-0.3, -0.25) is 14.5 Å². The molecule has 148 valence electrons. The number of carbonyl (C=O) groups excluding carboxylic acids is 2. The third-order valence-electron chi connectivity index (χ3n) is 4.68. The normalized spacial score (nSPS) is 14.6. The van der Waals surface area contributed by atoms with Crippen LogP contribution < -0.4 is 9.47 Å². The highest BCUT2D eigenvalue weighted by atomic mass is 19.1. The minimum atomic E-state index is -0.362. The van der Waals surface area contributed by atoms with Crippen LogP contribution in [0.3, 0.4) is 0 Å². The molecule has 2 aromatic rings. The fourth-order valence-electron chi connectivity index (χ4n) is 3.05. The zero-order valence-electron chi connectivity index (χ0n) is 15.8. The van der Waals surface area contributed by atoms with Crippen LogP contribution >= 0.6 is 0 Å². The molecule has 0 spiro atoms. The average Bonchev–Trinajstić information content (AvgIpc) is 2.73. The van der Waals surface area contributed by atoms with Gasteiger partial charge in [0.05, 0.1) is 13.7 Å². The van der Waals surface area contributed by atoms with Gasteiger partial charge in [0.1, 0.15) is 5.82 Å². The number of halogens is 1. The number of hydrogen-bond acceptors (Lipinski definition) is 5. The van der Waals surface area contributed by atoms with E-state index in [-0.39, 0.29) is 30.7 Å². The molecular weight excluding hydrogens is 363 g/mol. The Morgan fingerprint density at radius 2 is 1.61 bits per heavy atom. The van der Waals surface area contributed by atoms with Gasteiger partial charge in [0.25, 0.3) is 5.91 Å². The molecule has 1 aliphatic heterocycles. The number of nitrogens with zero attached hydrogens (tertiary/aromatic N) is 2. The molecule has 0 aliphatic carbocycles. The summed E-state index contributed by atoms with van der Waals surface area (Å²) in [6.07, 6.45) is 0. The number of methoxy groups -OCH3 is 1. The fraction of sp³-hybridized carbons (Fsp3) is 0.333. The lowest BCUT2D eigenvalue weighted by Crippen LogP contribution is -2.51. The number of piperazine rings is 1. The lowest BCUT2D eigenvalue weighted by molar-refractivity contribution is -0.135. The molecule has 1 saturated heterocycles. The molecule has 0 unspecified atom stereocenters. The minimum absolute atomic E-state index is 0.0562. The van der Waals surface area contributed by atoms with Crippen molar-refractivity contribution >= 4 is 11.7 Å². The smallest absolute Gasteiger partial charge is 0.260 e. The summed E-state index contributed by atoms with van der Waals surface area (Å²) in [4.78, 5) is 28.4. The van der Waals surface area contributed by atoms with Gasteiger partial charge in [-0.25, -0.2) is 4.39 Å². The second-order valence-electron chi connectivity index (χ2n) is 6.53. The predicted molar refractivity (Wildman–Crippen MR) is 102 cm³/mol. The van der Waals surface area contributed by atoms with Gasteiger partial charge >= 0.3 is 0 Å². The lowest BCUT2D eigenvalue weighted by Gasteiger charge is -2.34. The van der Waals surface area contributed by atoms with Crippen molar-refractivity contribution in [1.29, 1.82) is 0 Å². The third kappa shape index (κ3) is 5.07. The van der Waals surface area contributed by atoms with Crippen molar-refractivity contribution in [3.05, 3.63) is 59.9 Å². The molecule has 28 heavy (non-hydrogen) atoms. The van der Waals surface area contributed by atoms with Crippen LogP contribution in [0.2, 0.25) is 0 Å². The van der Waals surface area contributed by atoms with E-state index in [1.54, 1.807) is 24.1 Å². The molecule has 1 heterocycles. The molecule has 1 fully saturated rings. The predicted octanol–water partition coefficient (Wildman–Crippen LogP) is 2.24. The zero-order valence-corrected chi connectivity index (χ0v) is 15.8. The van der Waals surface area contributed by atoms with E-state index in [1.165, 1.54) is 24.3 Å². The van der Waals surface area contributed by atoms with Gasteiger partial charge in [0.15, 0.2) is 23.9 Å². The molecule has 7 heteroatoms. The van der Waals surface area contributed by atoms with E-state index in [4.69, 9.17) is 9.47 Å². The Morgan fingerprint density at radius 3 is 2.25 bits per heavy atom. The molecule has 0 bridgehead atoms. The quantitative estimate of drug-likeness (QED) is 0.683. The maximum Gasteiger partial charge on any atom is 0.260 e. The van der Waals surface area contributed by atoms with Crippen molar-refractivity contribution in [3.63, 3.8) is 0 Å². The number of amides is 1. The molecule has 0 N–H and O–H groups in total. The summed E-state index contributed by atoms with van der Waals surface area (Å²) in [6, 6.07) is 12.7. The number of rotatable bonds is 7. The molecule has 0 radical (unpaired) electrons. The van der Waals surface area contributed by atoms with Crippen LogP contribution in [0.4, 0.5) is 4.39 Å². The highest BCUT2D eigenvalue weighted by Crippen LogP contribution is 2.25. The molecule has 0 atom stereocenters. The first-order chi connectivity index (χ1) is 13.6. The molecule has 0 saturated carbocycles. The van der Waals surface area contributed by atoms with E-state index < -0.39 is 0 Å². The summed E-state index contributed by atoms with van der Waals surface area (Å²) in [5.74, 6) is 0.593. The van der Waals surface area contributed by atoms with E-state index in [1.807, 2.05) is 17.0 Å². The summed E-state index contributed by atoms with van der Waals surface area (Å²) in [7, 11) is 1.55. The third-order valence-corrected chi connectivity index (χ3v) is 4.68. The van der Waals surface area contributed by atoms with Gasteiger partial charge in [-0.1, -0.05) is 12.1 Å². The first-order valence-corrected chi connectivity index (χ1v) is 9.11. The average molecular weight is 386 g/mol. The van der Waals surface area contributed by atoms with Gasteiger partial charge in [0.2, 0.25) is 0 Å². The standard InChI is InChI=1S/C21H23FN2O4/c1-27-19-4-2-3-5-20(19)28-15-21(26)24-12-10-23(11-13-24)14-18(25)16-6-8-17(22)9-7-16/h2-9H,10-15H2,1H3. The van der Waals surface area contributed by atoms with Gasteiger partial charge in [-0.05, 0) is 36.4 Å². The SMILES string of the molecule is COc1ccccc1OCC(=O)N1CCN(CC(=O)c2ccc(F)cc2)CC1. The largest absolute Gasteiger partial charge is 0.493 e. The minimum Gasteiger partial charge on any atom is -0.493 e. The van der Waals surface area contributed by atoms with Gasteiger partial charge in [-0.15, -0.1) is 0 Å². The number of para-hydroxylation sites is 2. The molecule has 2 aromatic carbocycles. The van der Waals surface area contributed by atoms with Gasteiger partial charge < -0.3 is 14.4 Å². The van der Waals surface area contributed by atoms with Gasteiger partial charge in [-0.2, -0.15) is 0 Å². The topological polar surface area (TPSA) is 59.1 Å². The number of ether oxygens (including phenoxy) is 2. The maximum absolute atomic E-state index is 13.0. The van der Waals surface area contributed by atoms with Crippen molar-refractivity contribution in [2.24, 2.45) is 0 Å². The highest BCUT2D eigenvalue weighted by molar-refractivity contribution is 5.97. The Morgan fingerprint density at radius 1 is 0.964 bits per heavy atom. The number of benzene rings is 2. The molecule has 6 nitrogen and oxygen atoms in total. The molecule has 0 aromatic heterocycles. The van der Waals surface area contributed by atoms with Crippen LogP contribution in [-0.2, 0) is 4.79 Å². The Bertz CT molecular complexity index is 817. The Hall–Kier alpha value is -2.93. The monoisotopic (exact) mass is 386 g/mol. The van der Waals surface area contributed by atoms with Crippen LogP contribution in [-0.4, -0.2) is 67.9 Å². The van der Waals surface area contributed by atoms with Crippen LogP contribution in [0.25, 0.3) is 0 Å². The van der Waals surface area contributed by atoms with E-state index >= 15 is 0 Å². The van der Waals surface area contributed by atoms with E-state index in [0.717, 1.165) is 0 Å². The maximum atomic E-state index is 13.0. The molecule has 1 amide bonds. The van der Waals surface area contributed by atoms with Crippen molar-refractivity contribution in [3.8, 4) is 11.5 Å². The molecule has 3 rings (SSSR count). The second kappa shape index (κ2) is 9.32. The summed E-state index contributed by atoms with van der Waals surface area (Å²) < 4.78 is 23.8. The number of ketones is 1. The fourth-order valence-corrected chi connectivity index (χ4v) is 3.05. The highest BCUT2D eigenvalue weighted by Gasteiger charge is 2.23. The summed E-state index contributed by atoms with van der Waals surface area (Å²) >= 11 is 0. The number of carbonyl (C=O) groups is 2. The Labute approximate surface area is 163 Å². The summed E-state index contributed by atoms with van der Waals surface area (Å²) in [6.45, 7) is 2.47. The lowest BCUT2D eigenvalue weighted by atomic mass is 10.1. The van der Waals surface area contributed by atoms with Crippen LogP contribution in [0.1, 0.15) is 10.4 Å². The van der Waals surface area contributed by atoms with Crippen LogP contribution in [0.5, 0.6) is 11.5 Å². The van der Waals surface area contributed by atoms with Crippen molar-refractivity contribution < 1.29 is 23.5 Å². The Kier molecular flexibility index (Phi) is 6.60. The Balaban J connectivity index is 1.45. The van der Waals surface area contributed by atoms with Gasteiger partial charge in [0, 0.05) is 31.7 Å². The molecule has 1 aliphatic rings. The van der Waals surface area contributed by atoms with Crippen molar-refractivity contribution in [1.82, 2.24) is 9.80 Å². The summed E-state index contributed by atoms with van der Waals surface area (Å²) in [5, 5.41) is 0. The first-order valence-electron chi connectivity index (χ1n) is 9.11. The van der Waals surface area contributed by atoms with Crippen LogP contribution in [0, 0.1) is 5.82 Å². The molecular formula is C21H23FN2O4. The first kappa shape index (κ1) is 19.8. The van der Waals surface area contributed by atoms with E-state index in [0.29, 0.717) is 43.2 Å². The van der Waals surface area contributed by atoms with Crippen LogP contribution in [0.15, 0.2) is 48.5 Å². The van der Waals surface area contributed by atoms with Crippen molar-refractivity contribution in [2.45, 2.75) is 0 Å². The van der Waals surface area contributed by atoms with E-state index in [2.05, 4.69) is 0 Å². The second-order valence-corrected chi connectivity index (χ2v) is 6.53. The van der Waals surface area contributed by atoms with E-state index in [9.17, 15) is 14.0 Å². The number of Topliss-reactive ketones (excluding diaryl/α,β-unsaturated/α-hetero) is 1. The zero-order chi connectivity index (χ0) is 19.9. The summed E-state index contributed by atoms with van der Waals surface area (Å²) in [5.41, 5.74) is 0.491. The number of hydrogen-bond donors (Lipinski definition) is 0.